The van der Waals surface area contributed by atoms with Gasteiger partial charge in [0.25, 0.3) is 5.91 Å². The lowest BCUT2D eigenvalue weighted by Crippen LogP contribution is -2.12. The van der Waals surface area contributed by atoms with Crippen LogP contribution in [0.3, 0.4) is 0 Å². The first kappa shape index (κ1) is 14.1. The number of rotatable bonds is 4. The monoisotopic (exact) mass is 282 g/mol. The van der Waals surface area contributed by atoms with Crippen molar-refractivity contribution in [2.75, 3.05) is 0 Å². The van der Waals surface area contributed by atoms with Crippen molar-refractivity contribution in [1.29, 1.82) is 5.26 Å². The van der Waals surface area contributed by atoms with E-state index < -0.39 is 11.9 Å². The molecule has 0 aliphatic heterocycles. The summed E-state index contributed by atoms with van der Waals surface area (Å²) in [5, 5.41) is 17.7. The number of nitrogens with zero attached hydrogens (tertiary/aromatic N) is 1. The minimum atomic E-state index is -1.04. The van der Waals surface area contributed by atoms with Crippen LogP contribution in [0.25, 0.3) is 17.4 Å². The molecule has 0 atom stereocenters. The second kappa shape index (κ2) is 5.75. The maximum absolute atomic E-state index is 11.0. The van der Waals surface area contributed by atoms with Gasteiger partial charge in [-0.3, -0.25) is 4.79 Å². The van der Waals surface area contributed by atoms with E-state index in [1.807, 2.05) is 0 Å². The van der Waals surface area contributed by atoms with Crippen molar-refractivity contribution in [3.63, 3.8) is 0 Å². The number of carbonyl (C=O) groups excluding carboxylic acids is 1. The Labute approximate surface area is 119 Å². The fourth-order valence-electron chi connectivity index (χ4n) is 1.69. The molecule has 104 valence electrons. The fraction of sp³-hybridized carbons (Fsp3) is 0. The number of nitrogens with two attached hydrogens (primary N) is 1. The second-order valence-electron chi connectivity index (χ2n) is 4.12. The topological polar surface area (TPSA) is 117 Å². The molecule has 1 heterocycles. The Balaban J connectivity index is 2.37. The smallest absolute Gasteiger partial charge is 0.335 e. The lowest BCUT2D eigenvalue weighted by Gasteiger charge is -1.99. The summed E-state index contributed by atoms with van der Waals surface area (Å²) in [5.41, 5.74) is 5.51. The minimum absolute atomic E-state index is 0.135. The molecule has 2 rings (SSSR count). The summed E-state index contributed by atoms with van der Waals surface area (Å²) in [4.78, 5) is 21.9. The van der Waals surface area contributed by atoms with Crippen LogP contribution in [0.15, 0.2) is 46.4 Å². The predicted molar refractivity (Wildman–Crippen MR) is 73.9 cm³/mol. The van der Waals surface area contributed by atoms with Gasteiger partial charge in [-0.1, -0.05) is 12.1 Å². The number of benzene rings is 1. The molecule has 0 unspecified atom stereocenters. The van der Waals surface area contributed by atoms with E-state index >= 15 is 0 Å². The summed E-state index contributed by atoms with van der Waals surface area (Å²) < 4.78 is 5.46. The van der Waals surface area contributed by atoms with E-state index in [2.05, 4.69) is 0 Å². The maximum Gasteiger partial charge on any atom is 0.335 e. The van der Waals surface area contributed by atoms with E-state index in [-0.39, 0.29) is 16.9 Å². The Kier molecular flexibility index (Phi) is 3.86. The molecule has 6 nitrogen and oxygen atoms in total. The summed E-state index contributed by atoms with van der Waals surface area (Å²) in [6.07, 6.45) is 1.23. The number of primary amides is 1. The highest BCUT2D eigenvalue weighted by Crippen LogP contribution is 2.24. The zero-order valence-corrected chi connectivity index (χ0v) is 10.7. The molecule has 6 heteroatoms. The first-order valence-electron chi connectivity index (χ1n) is 5.86. The average molecular weight is 282 g/mol. The first-order valence-corrected chi connectivity index (χ1v) is 5.86. The van der Waals surface area contributed by atoms with Gasteiger partial charge in [0.1, 0.15) is 23.2 Å². The quantitative estimate of drug-likeness (QED) is 0.657. The summed E-state index contributed by atoms with van der Waals surface area (Å²) >= 11 is 0. The van der Waals surface area contributed by atoms with Crippen LogP contribution >= 0.6 is 0 Å². The first-order chi connectivity index (χ1) is 10.0. The number of hydrogen-bond donors (Lipinski definition) is 2. The third kappa shape index (κ3) is 3.16. The highest BCUT2D eigenvalue weighted by Gasteiger charge is 2.09. The van der Waals surface area contributed by atoms with E-state index in [1.54, 1.807) is 30.3 Å². The van der Waals surface area contributed by atoms with Gasteiger partial charge >= 0.3 is 5.97 Å². The molecule has 0 saturated carbocycles. The third-order valence-electron chi connectivity index (χ3n) is 2.69. The van der Waals surface area contributed by atoms with Crippen molar-refractivity contribution < 1.29 is 19.1 Å². The zero-order chi connectivity index (χ0) is 15.4. The summed E-state index contributed by atoms with van der Waals surface area (Å²) in [6.45, 7) is 0. The Morgan fingerprint density at radius 1 is 1.29 bits per heavy atom. The molecule has 3 N–H and O–H groups in total. The maximum atomic E-state index is 11.0. The molecule has 1 aromatic carbocycles. The molecule has 1 amide bonds. The van der Waals surface area contributed by atoms with E-state index in [4.69, 9.17) is 20.5 Å². The third-order valence-corrected chi connectivity index (χ3v) is 2.69. The fourth-order valence-corrected chi connectivity index (χ4v) is 1.69. The Morgan fingerprint density at radius 3 is 2.67 bits per heavy atom. The highest BCUT2D eigenvalue weighted by molar-refractivity contribution is 6.00. The molecular formula is C15H10N2O4. The Morgan fingerprint density at radius 2 is 2.05 bits per heavy atom. The molecule has 0 bridgehead atoms. The van der Waals surface area contributed by atoms with Gasteiger partial charge in [0.05, 0.1) is 5.56 Å². The zero-order valence-electron chi connectivity index (χ0n) is 10.7. The molecule has 0 fully saturated rings. The number of furan rings is 1. The number of amides is 1. The molecule has 0 spiro atoms. The van der Waals surface area contributed by atoms with Crippen LogP contribution in [0.5, 0.6) is 0 Å². The number of nitriles is 1. The van der Waals surface area contributed by atoms with Crippen LogP contribution in [0.1, 0.15) is 16.1 Å². The highest BCUT2D eigenvalue weighted by atomic mass is 16.4. The number of aromatic carboxylic acids is 1. The van der Waals surface area contributed by atoms with Gasteiger partial charge in [-0.25, -0.2) is 4.79 Å². The van der Waals surface area contributed by atoms with E-state index in [1.165, 1.54) is 18.2 Å². The largest absolute Gasteiger partial charge is 0.478 e. The SMILES string of the molecule is N#CC(=Cc1ccc(-c2cccc(C(=O)O)c2)o1)C(N)=O. The van der Waals surface area contributed by atoms with Crippen LogP contribution in [0, 0.1) is 11.3 Å². The summed E-state index contributed by atoms with van der Waals surface area (Å²) in [5.74, 6) is -1.18. The molecular weight excluding hydrogens is 272 g/mol. The summed E-state index contributed by atoms with van der Waals surface area (Å²) in [6, 6.07) is 11.1. The van der Waals surface area contributed by atoms with Crippen molar-refractivity contribution in [3.05, 3.63) is 53.3 Å². The van der Waals surface area contributed by atoms with Crippen LogP contribution in [-0.2, 0) is 4.79 Å². The van der Waals surface area contributed by atoms with E-state index in [0.29, 0.717) is 11.3 Å². The lowest BCUT2D eigenvalue weighted by atomic mass is 10.1. The van der Waals surface area contributed by atoms with E-state index in [0.717, 1.165) is 0 Å². The van der Waals surface area contributed by atoms with Gasteiger partial charge in [0, 0.05) is 11.6 Å². The van der Waals surface area contributed by atoms with Crippen molar-refractivity contribution >= 4 is 18.0 Å². The molecule has 0 aliphatic rings. The molecule has 0 radical (unpaired) electrons. The van der Waals surface area contributed by atoms with Gasteiger partial charge in [-0.2, -0.15) is 5.26 Å². The van der Waals surface area contributed by atoms with Gasteiger partial charge in [0.15, 0.2) is 0 Å². The molecule has 0 aliphatic carbocycles. The molecule has 21 heavy (non-hydrogen) atoms. The van der Waals surface area contributed by atoms with Crippen molar-refractivity contribution in [1.82, 2.24) is 0 Å². The van der Waals surface area contributed by atoms with Crippen molar-refractivity contribution in [2.24, 2.45) is 5.73 Å². The minimum Gasteiger partial charge on any atom is -0.478 e. The second-order valence-corrected chi connectivity index (χ2v) is 4.12. The van der Waals surface area contributed by atoms with Gasteiger partial charge < -0.3 is 15.3 Å². The lowest BCUT2D eigenvalue weighted by molar-refractivity contribution is -0.114. The molecule has 2 aromatic rings. The Bertz CT molecular complexity index is 781. The predicted octanol–water partition coefficient (Wildman–Crippen LogP) is 2.04. The van der Waals surface area contributed by atoms with Crippen molar-refractivity contribution in [2.45, 2.75) is 0 Å². The van der Waals surface area contributed by atoms with Crippen LogP contribution in [0.4, 0.5) is 0 Å². The molecule has 0 saturated heterocycles. The van der Waals surface area contributed by atoms with Crippen LogP contribution in [-0.4, -0.2) is 17.0 Å². The number of carbonyl (C=O) groups is 2. The van der Waals surface area contributed by atoms with Crippen molar-refractivity contribution in [3.8, 4) is 17.4 Å². The van der Waals surface area contributed by atoms with Crippen LogP contribution < -0.4 is 5.73 Å². The van der Waals surface area contributed by atoms with Crippen LogP contribution in [0.2, 0.25) is 0 Å². The Hall–Kier alpha value is -3.33. The van der Waals surface area contributed by atoms with Gasteiger partial charge in [-0.05, 0) is 24.3 Å². The summed E-state index contributed by atoms with van der Waals surface area (Å²) in [7, 11) is 0. The number of hydrogen-bond acceptors (Lipinski definition) is 4. The van der Waals surface area contributed by atoms with E-state index in [9.17, 15) is 9.59 Å². The average Bonchev–Trinajstić information content (AvgIpc) is 2.93. The standard InChI is InChI=1S/C15H10N2O4/c16-8-11(14(17)18)7-12-4-5-13(21-12)9-2-1-3-10(6-9)15(19)20/h1-7H,(H2,17,18)(H,19,20). The normalized spacial score (nSPS) is 10.9. The van der Waals surface area contributed by atoms with Gasteiger partial charge in [0.2, 0.25) is 0 Å². The molecule has 1 aromatic heterocycles. The number of carboxylic acids is 1. The number of carboxylic acid groups (broad SMARTS) is 1. The van der Waals surface area contributed by atoms with Gasteiger partial charge in [-0.15, -0.1) is 0 Å².